The van der Waals surface area contributed by atoms with E-state index in [-0.39, 0.29) is 12.3 Å². The van der Waals surface area contributed by atoms with Gasteiger partial charge in [0.25, 0.3) is 0 Å². The molecule has 5 nitrogen and oxygen atoms in total. The van der Waals surface area contributed by atoms with Crippen LogP contribution in [0.2, 0.25) is 0 Å². The van der Waals surface area contributed by atoms with Crippen LogP contribution in [0.4, 0.5) is 0 Å². The number of ether oxygens (including phenoxy) is 1. The summed E-state index contributed by atoms with van der Waals surface area (Å²) >= 11 is 0. The van der Waals surface area contributed by atoms with Crippen LogP contribution < -0.4 is 5.73 Å². The van der Waals surface area contributed by atoms with Crippen molar-refractivity contribution in [3.8, 4) is 0 Å². The number of sulfonamides is 1. The molecule has 0 spiro atoms. The van der Waals surface area contributed by atoms with Gasteiger partial charge in [-0.2, -0.15) is 0 Å². The van der Waals surface area contributed by atoms with E-state index >= 15 is 0 Å². The van der Waals surface area contributed by atoms with Crippen LogP contribution in [0, 0.1) is 0 Å². The summed E-state index contributed by atoms with van der Waals surface area (Å²) in [6.07, 6.45) is 0. The predicted octanol–water partition coefficient (Wildman–Crippen LogP) is -0.757. The zero-order valence-corrected chi connectivity index (χ0v) is 9.01. The van der Waals surface area contributed by atoms with Gasteiger partial charge in [-0.25, -0.2) is 12.7 Å². The highest BCUT2D eigenvalue weighted by atomic mass is 32.2. The minimum atomic E-state index is -3.16. The molecule has 0 aliphatic carbocycles. The Bertz CT molecular complexity index is 216. The first-order chi connectivity index (χ1) is 6.04. The van der Waals surface area contributed by atoms with Gasteiger partial charge in [0, 0.05) is 26.7 Å². The smallest absolute Gasteiger partial charge is 0.215 e. The Balaban J connectivity index is 3.87. The Kier molecular flexibility index (Phi) is 6.23. The number of rotatable bonds is 7. The first-order valence-electron chi connectivity index (χ1n) is 4.26. The number of hydrogen-bond donors (Lipinski definition) is 1. The summed E-state index contributed by atoms with van der Waals surface area (Å²) < 4.78 is 28.9. The molecule has 6 heteroatoms. The van der Waals surface area contributed by atoms with E-state index in [9.17, 15) is 8.42 Å². The summed E-state index contributed by atoms with van der Waals surface area (Å²) in [5.74, 6) is -0.00434. The van der Waals surface area contributed by atoms with E-state index in [2.05, 4.69) is 0 Å². The van der Waals surface area contributed by atoms with Crippen LogP contribution in [0.1, 0.15) is 6.92 Å². The fourth-order valence-electron chi connectivity index (χ4n) is 0.781. The zero-order valence-electron chi connectivity index (χ0n) is 8.19. The molecule has 0 radical (unpaired) electrons. The Morgan fingerprint density at radius 3 is 2.54 bits per heavy atom. The van der Waals surface area contributed by atoms with Crippen LogP contribution in [0.3, 0.4) is 0 Å². The summed E-state index contributed by atoms with van der Waals surface area (Å²) in [6.45, 7) is 3.44. The Labute approximate surface area is 79.9 Å². The van der Waals surface area contributed by atoms with E-state index in [4.69, 9.17) is 10.5 Å². The normalized spacial score (nSPS) is 12.3. The van der Waals surface area contributed by atoms with Gasteiger partial charge in [0.05, 0.1) is 12.4 Å². The Hall–Kier alpha value is -0.170. The molecule has 0 aliphatic rings. The van der Waals surface area contributed by atoms with E-state index in [1.165, 1.54) is 11.4 Å². The van der Waals surface area contributed by atoms with Crippen molar-refractivity contribution in [3.63, 3.8) is 0 Å². The van der Waals surface area contributed by atoms with Crippen LogP contribution in [0.15, 0.2) is 0 Å². The van der Waals surface area contributed by atoms with Gasteiger partial charge >= 0.3 is 0 Å². The highest BCUT2D eigenvalue weighted by Crippen LogP contribution is 1.96. The molecular formula is C7H18N2O3S. The molecule has 2 N–H and O–H groups in total. The van der Waals surface area contributed by atoms with Gasteiger partial charge in [0.2, 0.25) is 10.0 Å². The molecule has 0 aromatic rings. The first-order valence-corrected chi connectivity index (χ1v) is 5.87. The molecule has 80 valence electrons. The zero-order chi connectivity index (χ0) is 10.3. The summed E-state index contributed by atoms with van der Waals surface area (Å²) in [6, 6.07) is 0. The summed E-state index contributed by atoms with van der Waals surface area (Å²) in [4.78, 5) is 0. The van der Waals surface area contributed by atoms with Crippen molar-refractivity contribution in [1.82, 2.24) is 4.31 Å². The number of nitrogens with two attached hydrogens (primary N) is 1. The van der Waals surface area contributed by atoms with Gasteiger partial charge in [-0.3, -0.25) is 0 Å². The SMILES string of the molecule is CCOCCN(C)S(=O)(=O)CCN. The largest absolute Gasteiger partial charge is 0.380 e. The van der Waals surface area contributed by atoms with Gasteiger partial charge in [-0.05, 0) is 6.92 Å². The van der Waals surface area contributed by atoms with Gasteiger partial charge < -0.3 is 10.5 Å². The molecule has 0 bridgehead atoms. The molecule has 0 saturated carbocycles. The van der Waals surface area contributed by atoms with E-state index in [0.717, 1.165) is 0 Å². The van der Waals surface area contributed by atoms with Crippen LogP contribution in [-0.2, 0) is 14.8 Å². The van der Waals surface area contributed by atoms with Crippen LogP contribution in [0.25, 0.3) is 0 Å². The van der Waals surface area contributed by atoms with Gasteiger partial charge in [0.1, 0.15) is 0 Å². The number of hydrogen-bond acceptors (Lipinski definition) is 4. The van der Waals surface area contributed by atoms with Crippen molar-refractivity contribution in [2.45, 2.75) is 6.92 Å². The number of likely N-dealkylation sites (N-methyl/N-ethyl adjacent to an activating group) is 1. The monoisotopic (exact) mass is 210 g/mol. The summed E-state index contributed by atoms with van der Waals surface area (Å²) in [7, 11) is -1.63. The molecule has 0 heterocycles. The van der Waals surface area contributed by atoms with Gasteiger partial charge in [-0.15, -0.1) is 0 Å². The predicted molar refractivity (Wildman–Crippen MR) is 52.0 cm³/mol. The second-order valence-corrected chi connectivity index (χ2v) is 4.82. The molecule has 0 aromatic heterocycles. The quantitative estimate of drug-likeness (QED) is 0.561. The summed E-state index contributed by atoms with van der Waals surface area (Å²) in [5, 5.41) is 0. The maximum absolute atomic E-state index is 11.3. The van der Waals surface area contributed by atoms with E-state index in [1.54, 1.807) is 0 Å². The van der Waals surface area contributed by atoms with Crippen molar-refractivity contribution in [2.75, 3.05) is 39.1 Å². The minimum Gasteiger partial charge on any atom is -0.380 e. The number of nitrogens with zero attached hydrogens (tertiary/aromatic N) is 1. The molecule has 0 aromatic carbocycles. The molecular weight excluding hydrogens is 192 g/mol. The molecule has 0 saturated heterocycles. The van der Waals surface area contributed by atoms with Gasteiger partial charge in [0.15, 0.2) is 0 Å². The Morgan fingerprint density at radius 1 is 1.46 bits per heavy atom. The highest BCUT2D eigenvalue weighted by Gasteiger charge is 2.15. The Morgan fingerprint density at radius 2 is 2.08 bits per heavy atom. The second kappa shape index (κ2) is 6.31. The molecule has 0 rings (SSSR count). The van der Waals surface area contributed by atoms with Crippen molar-refractivity contribution in [2.24, 2.45) is 5.73 Å². The standard InChI is InChI=1S/C7H18N2O3S/c1-3-12-6-5-9(2)13(10,11)7-4-8/h3-8H2,1-2H3. The highest BCUT2D eigenvalue weighted by molar-refractivity contribution is 7.89. The van der Waals surface area contributed by atoms with Crippen LogP contribution in [-0.4, -0.2) is 51.8 Å². The third kappa shape index (κ3) is 5.20. The average Bonchev–Trinajstić information content (AvgIpc) is 2.04. The van der Waals surface area contributed by atoms with Crippen molar-refractivity contribution < 1.29 is 13.2 Å². The molecule has 0 amide bonds. The average molecular weight is 210 g/mol. The lowest BCUT2D eigenvalue weighted by Gasteiger charge is -2.15. The third-order valence-corrected chi connectivity index (χ3v) is 3.49. The van der Waals surface area contributed by atoms with Crippen LogP contribution in [0.5, 0.6) is 0 Å². The van der Waals surface area contributed by atoms with E-state index in [1.807, 2.05) is 6.92 Å². The lowest BCUT2D eigenvalue weighted by atomic mass is 10.7. The fraction of sp³-hybridized carbons (Fsp3) is 1.00. The van der Waals surface area contributed by atoms with E-state index < -0.39 is 10.0 Å². The maximum Gasteiger partial charge on any atom is 0.215 e. The third-order valence-electron chi connectivity index (χ3n) is 1.61. The van der Waals surface area contributed by atoms with Crippen molar-refractivity contribution >= 4 is 10.0 Å². The lowest BCUT2D eigenvalue weighted by Crippen LogP contribution is -2.34. The van der Waals surface area contributed by atoms with Crippen molar-refractivity contribution in [3.05, 3.63) is 0 Å². The van der Waals surface area contributed by atoms with E-state index in [0.29, 0.717) is 19.8 Å². The molecule has 0 unspecified atom stereocenters. The second-order valence-electron chi connectivity index (χ2n) is 2.62. The fourth-order valence-corrected chi connectivity index (χ4v) is 1.74. The first kappa shape index (κ1) is 12.8. The van der Waals surface area contributed by atoms with Crippen LogP contribution >= 0.6 is 0 Å². The molecule has 0 fully saturated rings. The van der Waals surface area contributed by atoms with Crippen molar-refractivity contribution in [1.29, 1.82) is 0 Å². The maximum atomic E-state index is 11.3. The topological polar surface area (TPSA) is 72.6 Å². The minimum absolute atomic E-state index is 0.00434. The van der Waals surface area contributed by atoms with Gasteiger partial charge in [-0.1, -0.05) is 0 Å². The summed E-state index contributed by atoms with van der Waals surface area (Å²) in [5.41, 5.74) is 5.17. The lowest BCUT2D eigenvalue weighted by molar-refractivity contribution is 0.138. The molecule has 0 atom stereocenters. The molecule has 13 heavy (non-hydrogen) atoms. The molecule has 0 aliphatic heterocycles.